The van der Waals surface area contributed by atoms with Crippen LogP contribution < -0.4 is 10.1 Å². The molecule has 1 fully saturated rings. The number of thioether (sulfide) groups is 1. The number of hydrogen-bond acceptors (Lipinski definition) is 5. The molecule has 1 aliphatic heterocycles. The molecule has 7 heteroatoms. The molecule has 0 bridgehead atoms. The first kappa shape index (κ1) is 16.4. The Morgan fingerprint density at radius 2 is 2.08 bits per heavy atom. The molecule has 1 aromatic heterocycles. The van der Waals surface area contributed by atoms with Crippen LogP contribution in [0.25, 0.3) is 0 Å². The zero-order valence-electron chi connectivity index (χ0n) is 13.2. The zero-order valence-corrected chi connectivity index (χ0v) is 14.1. The van der Waals surface area contributed by atoms with Gasteiger partial charge in [-0.2, -0.15) is 0 Å². The van der Waals surface area contributed by atoms with Crippen molar-refractivity contribution in [2.75, 3.05) is 7.11 Å². The van der Waals surface area contributed by atoms with Crippen LogP contribution >= 0.6 is 11.8 Å². The lowest BCUT2D eigenvalue weighted by molar-refractivity contribution is -0.121. The van der Waals surface area contributed by atoms with Gasteiger partial charge >= 0.3 is 0 Å². The van der Waals surface area contributed by atoms with Crippen LogP contribution in [0.4, 0.5) is 4.39 Å². The van der Waals surface area contributed by atoms with Gasteiger partial charge in [-0.15, -0.1) is 0 Å². The van der Waals surface area contributed by atoms with Gasteiger partial charge in [-0.25, -0.2) is 9.37 Å². The summed E-state index contributed by atoms with van der Waals surface area (Å²) in [6.45, 7) is 2.21. The van der Waals surface area contributed by atoms with E-state index in [-0.39, 0.29) is 11.7 Å². The minimum atomic E-state index is -0.794. The van der Waals surface area contributed by atoms with Gasteiger partial charge in [0.2, 0.25) is 11.8 Å². The molecule has 124 valence electrons. The van der Waals surface area contributed by atoms with Crippen molar-refractivity contribution in [1.82, 2.24) is 10.3 Å². The van der Waals surface area contributed by atoms with E-state index in [0.29, 0.717) is 17.6 Å². The highest BCUT2D eigenvalue weighted by molar-refractivity contribution is 8.15. The predicted octanol–water partition coefficient (Wildman–Crippen LogP) is 2.86. The number of aliphatic imine (C=N–C) groups is 1. The number of carbonyl (C=O) groups is 1. The number of aromatic nitrogens is 1. The minimum absolute atomic E-state index is 0.140. The molecule has 2 aromatic rings. The Morgan fingerprint density at radius 3 is 2.79 bits per heavy atom. The van der Waals surface area contributed by atoms with Crippen LogP contribution in [0.1, 0.15) is 18.1 Å². The van der Waals surface area contributed by atoms with Gasteiger partial charge in [0.1, 0.15) is 10.6 Å². The Hall–Kier alpha value is -2.41. The van der Waals surface area contributed by atoms with Crippen molar-refractivity contribution < 1.29 is 13.9 Å². The van der Waals surface area contributed by atoms with E-state index in [1.165, 1.54) is 31.0 Å². The van der Waals surface area contributed by atoms with E-state index in [4.69, 9.17) is 4.74 Å². The Labute approximate surface area is 143 Å². The number of nitrogens with one attached hydrogen (secondary N) is 1. The van der Waals surface area contributed by atoms with Gasteiger partial charge in [-0.05, 0) is 36.2 Å². The first-order chi connectivity index (χ1) is 11.5. The van der Waals surface area contributed by atoms with E-state index >= 15 is 0 Å². The highest BCUT2D eigenvalue weighted by Gasteiger charge is 2.44. The zero-order chi connectivity index (χ0) is 17.2. The number of benzene rings is 1. The third-order valence-corrected chi connectivity index (χ3v) is 5.02. The number of halogens is 1. The van der Waals surface area contributed by atoms with Crippen molar-refractivity contribution in [1.29, 1.82) is 0 Å². The smallest absolute Gasteiger partial charge is 0.246 e. The van der Waals surface area contributed by atoms with E-state index in [1.54, 1.807) is 30.5 Å². The van der Waals surface area contributed by atoms with Crippen LogP contribution in [0.5, 0.6) is 5.88 Å². The van der Waals surface area contributed by atoms with Crippen LogP contribution in [0.3, 0.4) is 0 Å². The summed E-state index contributed by atoms with van der Waals surface area (Å²) in [7, 11) is 1.53. The fraction of sp³-hybridized carbons (Fsp3) is 0.235. The lowest BCUT2D eigenvalue weighted by Gasteiger charge is -2.19. The third kappa shape index (κ3) is 3.26. The minimum Gasteiger partial charge on any atom is -0.481 e. The SMILES string of the molecule is COc1cc(C2(C)SC(=NCc3ccc(F)cc3)NC2=O)ccn1. The largest absolute Gasteiger partial charge is 0.481 e. The summed E-state index contributed by atoms with van der Waals surface area (Å²) >= 11 is 1.35. The Morgan fingerprint density at radius 1 is 1.33 bits per heavy atom. The first-order valence-corrected chi connectivity index (χ1v) is 8.13. The number of amidine groups is 1. The molecule has 0 aliphatic carbocycles. The van der Waals surface area contributed by atoms with Crippen LogP contribution in [0.15, 0.2) is 47.6 Å². The summed E-state index contributed by atoms with van der Waals surface area (Å²) in [4.78, 5) is 20.9. The summed E-state index contributed by atoms with van der Waals surface area (Å²) in [5.41, 5.74) is 1.67. The van der Waals surface area contributed by atoms with Gasteiger partial charge in [0.15, 0.2) is 5.17 Å². The van der Waals surface area contributed by atoms with Crippen molar-refractivity contribution in [3.05, 3.63) is 59.5 Å². The van der Waals surface area contributed by atoms with Crippen LogP contribution in [0, 0.1) is 5.82 Å². The van der Waals surface area contributed by atoms with Gasteiger partial charge in [0.25, 0.3) is 0 Å². The maximum atomic E-state index is 12.9. The molecule has 1 atom stereocenters. The molecule has 1 amide bonds. The lowest BCUT2D eigenvalue weighted by atomic mass is 10.0. The number of pyridine rings is 1. The summed E-state index contributed by atoms with van der Waals surface area (Å²) in [6, 6.07) is 9.67. The van der Waals surface area contributed by atoms with Gasteiger partial charge < -0.3 is 10.1 Å². The quantitative estimate of drug-likeness (QED) is 0.925. The molecule has 0 saturated carbocycles. The molecule has 0 spiro atoms. The second-order valence-electron chi connectivity index (χ2n) is 5.42. The fourth-order valence-electron chi connectivity index (χ4n) is 2.31. The highest BCUT2D eigenvalue weighted by atomic mass is 32.2. The average Bonchev–Trinajstić information content (AvgIpc) is 2.90. The van der Waals surface area contributed by atoms with E-state index in [0.717, 1.165) is 11.1 Å². The van der Waals surface area contributed by atoms with Crippen LogP contribution in [0.2, 0.25) is 0 Å². The average molecular weight is 345 g/mol. The van der Waals surface area contributed by atoms with E-state index < -0.39 is 4.75 Å². The second-order valence-corrected chi connectivity index (χ2v) is 6.83. The molecule has 0 radical (unpaired) electrons. The molecule has 1 unspecified atom stereocenters. The number of methoxy groups -OCH3 is 1. The van der Waals surface area contributed by atoms with Crippen molar-refractivity contribution in [2.24, 2.45) is 4.99 Å². The maximum absolute atomic E-state index is 12.9. The van der Waals surface area contributed by atoms with Crippen molar-refractivity contribution in [3.63, 3.8) is 0 Å². The Kier molecular flexibility index (Phi) is 4.53. The number of rotatable bonds is 4. The molecule has 1 N–H and O–H groups in total. The van der Waals surface area contributed by atoms with Gasteiger partial charge in [0, 0.05) is 12.3 Å². The summed E-state index contributed by atoms with van der Waals surface area (Å²) in [5.74, 6) is 0.0339. The summed E-state index contributed by atoms with van der Waals surface area (Å²) in [6.07, 6.45) is 1.61. The molecule has 3 rings (SSSR count). The second kappa shape index (κ2) is 6.60. The highest BCUT2D eigenvalue weighted by Crippen LogP contribution is 2.41. The summed E-state index contributed by atoms with van der Waals surface area (Å²) < 4.78 is 17.2. The molecule has 1 aromatic carbocycles. The number of ether oxygens (including phenoxy) is 1. The summed E-state index contributed by atoms with van der Waals surface area (Å²) in [5, 5.41) is 3.34. The van der Waals surface area contributed by atoms with Gasteiger partial charge in [-0.1, -0.05) is 23.9 Å². The molecule has 1 aliphatic rings. The Bertz CT molecular complexity index is 795. The molecule has 2 heterocycles. The van der Waals surface area contributed by atoms with Crippen molar-refractivity contribution in [2.45, 2.75) is 18.2 Å². The topological polar surface area (TPSA) is 63.6 Å². The lowest BCUT2D eigenvalue weighted by Crippen LogP contribution is -2.31. The van der Waals surface area contributed by atoms with Crippen molar-refractivity contribution >= 4 is 22.8 Å². The van der Waals surface area contributed by atoms with Gasteiger partial charge in [-0.3, -0.25) is 9.79 Å². The van der Waals surface area contributed by atoms with Crippen LogP contribution in [-0.4, -0.2) is 23.2 Å². The first-order valence-electron chi connectivity index (χ1n) is 7.31. The number of amides is 1. The van der Waals surface area contributed by atoms with Gasteiger partial charge in [0.05, 0.1) is 13.7 Å². The fourth-order valence-corrected chi connectivity index (χ4v) is 3.36. The molecule has 1 saturated heterocycles. The molecular formula is C17H16FN3O2S. The maximum Gasteiger partial charge on any atom is 0.246 e. The van der Waals surface area contributed by atoms with Crippen molar-refractivity contribution in [3.8, 4) is 5.88 Å². The number of carbonyl (C=O) groups excluding carboxylic acids is 1. The number of hydrogen-bond donors (Lipinski definition) is 1. The van der Waals surface area contributed by atoms with E-state index in [9.17, 15) is 9.18 Å². The molecule has 24 heavy (non-hydrogen) atoms. The molecular weight excluding hydrogens is 329 g/mol. The monoisotopic (exact) mass is 345 g/mol. The normalized spacial score (nSPS) is 21.8. The van der Waals surface area contributed by atoms with E-state index in [2.05, 4.69) is 15.3 Å². The third-order valence-electron chi connectivity index (χ3n) is 3.77. The van der Waals surface area contributed by atoms with Crippen LogP contribution in [-0.2, 0) is 16.1 Å². The molecule has 5 nitrogen and oxygen atoms in total. The standard InChI is InChI=1S/C17H16FN3O2S/c1-17(12-7-8-19-14(9-12)23-2)15(22)21-16(24-17)20-10-11-3-5-13(18)6-4-11/h3-9H,10H2,1-2H3,(H,20,21,22). The van der Waals surface area contributed by atoms with E-state index in [1.807, 2.05) is 6.92 Å². The predicted molar refractivity (Wildman–Crippen MR) is 91.4 cm³/mol. The Balaban J connectivity index is 1.79. The number of nitrogens with zero attached hydrogens (tertiary/aromatic N) is 2.